The molecule has 132 valence electrons. The van der Waals surface area contributed by atoms with Crippen molar-refractivity contribution < 1.29 is 4.74 Å². The molecule has 3 heterocycles. The van der Waals surface area contributed by atoms with Gasteiger partial charge in [0, 0.05) is 39.8 Å². The quantitative estimate of drug-likeness (QED) is 0.702. The molecule has 0 unspecified atom stereocenters. The van der Waals surface area contributed by atoms with Crippen molar-refractivity contribution in [2.75, 3.05) is 44.2 Å². The second kappa shape index (κ2) is 7.01. The molecule has 0 N–H and O–H groups in total. The molecule has 0 spiro atoms. The van der Waals surface area contributed by atoms with Gasteiger partial charge in [0.2, 0.25) is 0 Å². The van der Waals surface area contributed by atoms with Crippen LogP contribution >= 0.6 is 11.3 Å². The number of piperazine rings is 1. The van der Waals surface area contributed by atoms with E-state index in [2.05, 4.69) is 21.8 Å². The number of rotatable bonds is 5. The molecule has 6 nitrogen and oxygen atoms in total. The zero-order valence-electron chi connectivity index (χ0n) is 14.7. The van der Waals surface area contributed by atoms with E-state index in [-0.39, 0.29) is 0 Å². The molecule has 0 saturated carbocycles. The van der Waals surface area contributed by atoms with Crippen molar-refractivity contribution in [1.29, 1.82) is 0 Å². The van der Waals surface area contributed by atoms with Gasteiger partial charge in [-0.25, -0.2) is 9.67 Å². The average molecular weight is 357 g/mol. The second-order valence-electron chi connectivity index (χ2n) is 6.35. The lowest BCUT2D eigenvalue weighted by atomic mass is 10.3. The highest BCUT2D eigenvalue weighted by Crippen LogP contribution is 2.31. The predicted molar refractivity (Wildman–Crippen MR) is 102 cm³/mol. The van der Waals surface area contributed by atoms with Crippen LogP contribution in [0.1, 0.15) is 5.69 Å². The van der Waals surface area contributed by atoms with Crippen LogP contribution in [0.25, 0.3) is 10.3 Å². The van der Waals surface area contributed by atoms with Crippen LogP contribution in [-0.4, -0.2) is 59.0 Å². The Morgan fingerprint density at radius 2 is 1.88 bits per heavy atom. The van der Waals surface area contributed by atoms with Crippen LogP contribution < -0.4 is 9.64 Å². The summed E-state index contributed by atoms with van der Waals surface area (Å²) in [5.74, 6) is 0.944. The van der Waals surface area contributed by atoms with Gasteiger partial charge >= 0.3 is 0 Å². The minimum atomic E-state index is 0.732. The van der Waals surface area contributed by atoms with Crippen molar-refractivity contribution in [2.24, 2.45) is 7.05 Å². The van der Waals surface area contributed by atoms with Gasteiger partial charge in [0.1, 0.15) is 12.4 Å². The Hall–Kier alpha value is -2.12. The molecule has 0 radical (unpaired) electrons. The Kier molecular flexibility index (Phi) is 4.59. The predicted octanol–water partition coefficient (Wildman–Crippen LogP) is 2.54. The lowest BCUT2D eigenvalue weighted by Crippen LogP contribution is -2.47. The lowest BCUT2D eigenvalue weighted by molar-refractivity contribution is 0.200. The Labute approximate surface area is 151 Å². The standard InChI is InChI=1S/C18H23N5OS/c1-14-16-17(21(2)20-14)19-18(25-16)23-10-8-22(9-11-23)12-13-24-15-6-4-3-5-7-15/h3-7H,8-13H2,1-2H3. The molecule has 1 saturated heterocycles. The molecule has 0 atom stereocenters. The normalized spacial score (nSPS) is 15.8. The van der Waals surface area contributed by atoms with E-state index < -0.39 is 0 Å². The highest BCUT2D eigenvalue weighted by molar-refractivity contribution is 7.22. The van der Waals surface area contributed by atoms with E-state index in [1.54, 1.807) is 11.3 Å². The first-order valence-corrected chi connectivity index (χ1v) is 9.47. The number of thiazole rings is 1. The second-order valence-corrected chi connectivity index (χ2v) is 7.33. The van der Waals surface area contributed by atoms with E-state index >= 15 is 0 Å². The summed E-state index contributed by atoms with van der Waals surface area (Å²) < 4.78 is 8.88. The van der Waals surface area contributed by atoms with Gasteiger partial charge < -0.3 is 9.64 Å². The fourth-order valence-corrected chi connectivity index (χ4v) is 4.27. The number of aryl methyl sites for hydroxylation is 2. The van der Waals surface area contributed by atoms with E-state index in [0.717, 1.165) is 61.6 Å². The van der Waals surface area contributed by atoms with Crippen LogP contribution in [0.3, 0.4) is 0 Å². The Bertz CT molecular complexity index is 801. The number of aromatic nitrogens is 3. The average Bonchev–Trinajstić information content (AvgIpc) is 3.18. The summed E-state index contributed by atoms with van der Waals surface area (Å²) in [4.78, 5) is 9.63. The van der Waals surface area contributed by atoms with Gasteiger partial charge in [-0.05, 0) is 19.1 Å². The van der Waals surface area contributed by atoms with E-state index in [0.29, 0.717) is 0 Å². The molecule has 1 aromatic carbocycles. The topological polar surface area (TPSA) is 46.4 Å². The van der Waals surface area contributed by atoms with Crippen LogP contribution in [-0.2, 0) is 7.05 Å². The number of hydrogen-bond acceptors (Lipinski definition) is 6. The first-order valence-electron chi connectivity index (χ1n) is 8.66. The SMILES string of the molecule is Cc1nn(C)c2nc(N3CCN(CCOc4ccccc4)CC3)sc12. The third kappa shape index (κ3) is 3.48. The maximum Gasteiger partial charge on any atom is 0.188 e. The minimum Gasteiger partial charge on any atom is -0.492 e. The smallest absolute Gasteiger partial charge is 0.188 e. The molecular formula is C18H23N5OS. The first kappa shape index (κ1) is 16.4. The van der Waals surface area contributed by atoms with Gasteiger partial charge in [0.15, 0.2) is 10.8 Å². The molecule has 7 heteroatoms. The van der Waals surface area contributed by atoms with E-state index in [1.165, 1.54) is 4.70 Å². The molecule has 3 aromatic rings. The summed E-state index contributed by atoms with van der Waals surface area (Å²) in [6.45, 7) is 7.86. The number of anilines is 1. The van der Waals surface area contributed by atoms with Gasteiger partial charge in [0.25, 0.3) is 0 Å². The van der Waals surface area contributed by atoms with Gasteiger partial charge in [-0.2, -0.15) is 5.10 Å². The Balaban J connectivity index is 1.29. The Morgan fingerprint density at radius 1 is 1.12 bits per heavy atom. The van der Waals surface area contributed by atoms with E-state index in [9.17, 15) is 0 Å². The molecule has 2 aromatic heterocycles. The van der Waals surface area contributed by atoms with Crippen molar-refractivity contribution in [2.45, 2.75) is 6.92 Å². The van der Waals surface area contributed by atoms with Crippen molar-refractivity contribution in [3.63, 3.8) is 0 Å². The molecule has 0 bridgehead atoms. The molecule has 4 rings (SSSR count). The van der Waals surface area contributed by atoms with Crippen LogP contribution in [0.5, 0.6) is 5.75 Å². The molecule has 1 aliphatic heterocycles. The Morgan fingerprint density at radius 3 is 2.60 bits per heavy atom. The van der Waals surface area contributed by atoms with E-state index in [4.69, 9.17) is 9.72 Å². The number of benzene rings is 1. The molecule has 1 fully saturated rings. The maximum absolute atomic E-state index is 5.80. The number of para-hydroxylation sites is 1. The molecule has 25 heavy (non-hydrogen) atoms. The fraction of sp³-hybridized carbons (Fsp3) is 0.444. The van der Waals surface area contributed by atoms with Crippen LogP contribution in [0.2, 0.25) is 0 Å². The van der Waals surface area contributed by atoms with E-state index in [1.807, 2.05) is 42.1 Å². The monoisotopic (exact) mass is 357 g/mol. The highest BCUT2D eigenvalue weighted by atomic mass is 32.1. The lowest BCUT2D eigenvalue weighted by Gasteiger charge is -2.34. The highest BCUT2D eigenvalue weighted by Gasteiger charge is 2.21. The largest absolute Gasteiger partial charge is 0.492 e. The minimum absolute atomic E-state index is 0.732. The molecule has 0 aliphatic carbocycles. The summed E-state index contributed by atoms with van der Waals surface area (Å²) >= 11 is 1.76. The number of nitrogens with zero attached hydrogens (tertiary/aromatic N) is 5. The van der Waals surface area contributed by atoms with Crippen LogP contribution in [0.4, 0.5) is 5.13 Å². The zero-order chi connectivity index (χ0) is 17.2. The summed E-state index contributed by atoms with van der Waals surface area (Å²) in [5, 5.41) is 5.55. The van der Waals surface area contributed by atoms with Crippen molar-refractivity contribution in [1.82, 2.24) is 19.7 Å². The van der Waals surface area contributed by atoms with Crippen LogP contribution in [0, 0.1) is 6.92 Å². The first-order chi connectivity index (χ1) is 12.2. The number of hydrogen-bond donors (Lipinski definition) is 0. The zero-order valence-corrected chi connectivity index (χ0v) is 15.5. The van der Waals surface area contributed by atoms with Gasteiger partial charge in [-0.3, -0.25) is 4.90 Å². The van der Waals surface area contributed by atoms with Gasteiger partial charge in [0.05, 0.1) is 10.4 Å². The van der Waals surface area contributed by atoms with Crippen LogP contribution in [0.15, 0.2) is 30.3 Å². The summed E-state index contributed by atoms with van der Waals surface area (Å²) in [6, 6.07) is 10.0. The third-order valence-electron chi connectivity index (χ3n) is 4.60. The molecular weight excluding hydrogens is 334 g/mol. The van der Waals surface area contributed by atoms with Crippen molar-refractivity contribution >= 4 is 26.8 Å². The van der Waals surface area contributed by atoms with Crippen molar-refractivity contribution in [3.8, 4) is 5.75 Å². The third-order valence-corrected chi connectivity index (χ3v) is 5.81. The maximum atomic E-state index is 5.80. The fourth-order valence-electron chi connectivity index (χ4n) is 3.18. The molecule has 1 aliphatic rings. The summed E-state index contributed by atoms with van der Waals surface area (Å²) in [6.07, 6.45) is 0. The number of ether oxygens (including phenoxy) is 1. The number of fused-ring (bicyclic) bond motifs is 1. The molecule has 0 amide bonds. The van der Waals surface area contributed by atoms with Gasteiger partial charge in [-0.15, -0.1) is 0 Å². The van der Waals surface area contributed by atoms with Crippen molar-refractivity contribution in [3.05, 3.63) is 36.0 Å². The summed E-state index contributed by atoms with van der Waals surface area (Å²) in [5.41, 5.74) is 2.06. The summed E-state index contributed by atoms with van der Waals surface area (Å²) in [7, 11) is 1.96. The van der Waals surface area contributed by atoms with Gasteiger partial charge in [-0.1, -0.05) is 29.5 Å².